The molecule has 0 aromatic heterocycles. The van der Waals surface area contributed by atoms with Crippen LogP contribution in [0.5, 0.6) is 0 Å². The van der Waals surface area contributed by atoms with Crippen LogP contribution in [0.2, 0.25) is 0 Å². The van der Waals surface area contributed by atoms with Crippen molar-refractivity contribution in [1.29, 1.82) is 0 Å². The molecule has 2 heteroatoms. The van der Waals surface area contributed by atoms with E-state index in [1.165, 1.54) is 0 Å². The second kappa shape index (κ2) is 10.8. The summed E-state index contributed by atoms with van der Waals surface area (Å²) in [5, 5.41) is 8.33. The molecule has 0 fully saturated rings. The molecule has 0 saturated carbocycles. The molecule has 0 radical (unpaired) electrons. The zero-order valence-electron chi connectivity index (χ0n) is 5.27. The molecule has 0 aliphatic heterocycles. The molecule has 0 aliphatic rings. The van der Waals surface area contributed by atoms with Crippen LogP contribution in [0.15, 0.2) is 0 Å². The minimum atomic E-state index is 0. The lowest BCUT2D eigenvalue weighted by molar-refractivity contribution is 0.282. The van der Waals surface area contributed by atoms with Gasteiger partial charge in [-0.15, -0.1) is 0 Å². The Morgan fingerprint density at radius 1 is 1.00 bits per heavy atom. The molecule has 0 rings (SSSR count). The van der Waals surface area contributed by atoms with Crippen molar-refractivity contribution < 1.29 is 5.11 Å². The Balaban J connectivity index is 0. The normalized spacial score (nSPS) is 8.67. The average Bonchev–Trinajstić information content (AvgIpc) is 1.81. The van der Waals surface area contributed by atoms with Crippen LogP contribution in [0.1, 0.15) is 33.1 Å². The van der Waals surface area contributed by atoms with E-state index >= 15 is 0 Å². The number of aliphatic hydroxyl groups excluding tert-OH is 1. The van der Waals surface area contributed by atoms with Gasteiger partial charge in [-0.05, 0) is 19.4 Å². The van der Waals surface area contributed by atoms with Gasteiger partial charge in [-0.3, -0.25) is 0 Å². The van der Waals surface area contributed by atoms with Crippen molar-refractivity contribution in [2.45, 2.75) is 33.1 Å². The Morgan fingerprint density at radius 2 is 1.56 bits per heavy atom. The molecule has 0 unspecified atom stereocenters. The lowest BCUT2D eigenvalue weighted by Crippen LogP contribution is -1.97. The van der Waals surface area contributed by atoms with Gasteiger partial charge in [0.25, 0.3) is 0 Å². The van der Waals surface area contributed by atoms with Crippen LogP contribution in [0.4, 0.5) is 0 Å². The van der Waals surface area contributed by atoms with Gasteiger partial charge in [0, 0.05) is 6.61 Å². The minimum Gasteiger partial charge on any atom is -0.396 e. The predicted octanol–water partition coefficient (Wildman–Crippen LogP) is 1.13. The van der Waals surface area contributed by atoms with Crippen molar-refractivity contribution in [2.24, 2.45) is 5.73 Å². The molecular formula is C7H19NO. The van der Waals surface area contributed by atoms with E-state index in [9.17, 15) is 0 Å². The average molecular weight is 133 g/mol. The zero-order valence-corrected chi connectivity index (χ0v) is 5.27. The van der Waals surface area contributed by atoms with Crippen molar-refractivity contribution in [2.75, 3.05) is 13.2 Å². The highest BCUT2D eigenvalue weighted by Crippen LogP contribution is 1.95. The Hall–Kier alpha value is -0.0800. The second-order valence-corrected chi connectivity index (χ2v) is 1.93. The van der Waals surface area contributed by atoms with Crippen LogP contribution in [-0.4, -0.2) is 18.3 Å². The Morgan fingerprint density at radius 3 is 2.00 bits per heavy atom. The van der Waals surface area contributed by atoms with Crippen molar-refractivity contribution >= 4 is 0 Å². The third kappa shape index (κ3) is 11.5. The van der Waals surface area contributed by atoms with Gasteiger partial charge in [0.1, 0.15) is 0 Å². The second-order valence-electron chi connectivity index (χ2n) is 1.93. The lowest BCUT2D eigenvalue weighted by atomic mass is 10.2. The van der Waals surface area contributed by atoms with E-state index in [4.69, 9.17) is 10.8 Å². The van der Waals surface area contributed by atoms with E-state index in [0.717, 1.165) is 32.2 Å². The van der Waals surface area contributed by atoms with Gasteiger partial charge in [-0.1, -0.05) is 20.3 Å². The summed E-state index contributed by atoms with van der Waals surface area (Å²) in [5.74, 6) is 0. The number of nitrogens with two attached hydrogens (primary N) is 1. The zero-order chi connectivity index (χ0) is 6.24. The summed E-state index contributed by atoms with van der Waals surface area (Å²) < 4.78 is 0. The van der Waals surface area contributed by atoms with Crippen LogP contribution < -0.4 is 5.73 Å². The van der Waals surface area contributed by atoms with Crippen LogP contribution in [0, 0.1) is 0 Å². The summed E-state index contributed by atoms with van der Waals surface area (Å²) in [6.07, 6.45) is 4.31. The molecule has 9 heavy (non-hydrogen) atoms. The molecule has 58 valence electrons. The highest BCUT2D eigenvalue weighted by atomic mass is 16.2. The third-order valence-corrected chi connectivity index (χ3v) is 1.11. The van der Waals surface area contributed by atoms with Crippen LogP contribution in [0.25, 0.3) is 0 Å². The maximum atomic E-state index is 8.33. The van der Waals surface area contributed by atoms with E-state index in [0.29, 0.717) is 6.61 Å². The molecule has 0 bridgehead atoms. The van der Waals surface area contributed by atoms with Gasteiger partial charge >= 0.3 is 0 Å². The van der Waals surface area contributed by atoms with E-state index in [-0.39, 0.29) is 7.43 Å². The molecule has 0 aromatic carbocycles. The monoisotopic (exact) mass is 133 g/mol. The van der Waals surface area contributed by atoms with Gasteiger partial charge in [-0.25, -0.2) is 0 Å². The van der Waals surface area contributed by atoms with E-state index < -0.39 is 0 Å². The smallest absolute Gasteiger partial charge is 0.0431 e. The van der Waals surface area contributed by atoms with Crippen LogP contribution in [0.3, 0.4) is 0 Å². The molecule has 0 aromatic rings. The summed E-state index contributed by atoms with van der Waals surface area (Å²) >= 11 is 0. The fourth-order valence-electron chi connectivity index (χ4n) is 0.610. The molecule has 0 spiro atoms. The molecule has 2 nitrogen and oxygen atoms in total. The van der Waals surface area contributed by atoms with Crippen molar-refractivity contribution in [3.8, 4) is 0 Å². The summed E-state index contributed by atoms with van der Waals surface area (Å²) in [4.78, 5) is 0. The van der Waals surface area contributed by atoms with Crippen LogP contribution >= 0.6 is 0 Å². The first-order chi connectivity index (χ1) is 3.91. The van der Waals surface area contributed by atoms with Gasteiger partial charge in [0.2, 0.25) is 0 Å². The number of unbranched alkanes of at least 4 members (excludes halogenated alkanes) is 3. The standard InChI is InChI=1S/C6H15NO.CH4/c7-5-3-1-2-4-6-8;/h8H,1-7H2;1H4. The Kier molecular flexibility index (Phi) is 14.0. The summed E-state index contributed by atoms with van der Waals surface area (Å²) in [6, 6.07) is 0. The molecule has 0 heterocycles. The van der Waals surface area contributed by atoms with Crippen molar-refractivity contribution in [3.63, 3.8) is 0 Å². The maximum absolute atomic E-state index is 8.33. The Bertz CT molecular complexity index is 33.9. The number of rotatable bonds is 5. The quantitative estimate of drug-likeness (QED) is 0.552. The number of hydrogen-bond acceptors (Lipinski definition) is 2. The molecular weight excluding hydrogens is 114 g/mol. The molecule has 0 amide bonds. The fourth-order valence-corrected chi connectivity index (χ4v) is 0.610. The first kappa shape index (κ1) is 11.7. The molecule has 0 saturated heterocycles. The summed E-state index contributed by atoms with van der Waals surface area (Å²) in [5.41, 5.74) is 5.25. The summed E-state index contributed by atoms with van der Waals surface area (Å²) in [6.45, 7) is 1.11. The van der Waals surface area contributed by atoms with Crippen molar-refractivity contribution in [1.82, 2.24) is 0 Å². The van der Waals surface area contributed by atoms with E-state index in [1.54, 1.807) is 0 Å². The SMILES string of the molecule is C.NCCCCCCO. The third-order valence-electron chi connectivity index (χ3n) is 1.11. The van der Waals surface area contributed by atoms with Gasteiger partial charge in [0.05, 0.1) is 0 Å². The highest BCUT2D eigenvalue weighted by molar-refractivity contribution is 4.41. The highest BCUT2D eigenvalue weighted by Gasteiger charge is 1.84. The van der Waals surface area contributed by atoms with Crippen LogP contribution in [-0.2, 0) is 0 Å². The van der Waals surface area contributed by atoms with Gasteiger partial charge < -0.3 is 10.8 Å². The van der Waals surface area contributed by atoms with Crippen molar-refractivity contribution in [3.05, 3.63) is 0 Å². The molecule has 3 N–H and O–H groups in total. The largest absolute Gasteiger partial charge is 0.396 e. The fraction of sp³-hybridized carbons (Fsp3) is 1.00. The maximum Gasteiger partial charge on any atom is 0.0431 e. The molecule has 0 atom stereocenters. The van der Waals surface area contributed by atoms with E-state index in [1.807, 2.05) is 0 Å². The number of aliphatic hydroxyl groups is 1. The minimum absolute atomic E-state index is 0. The van der Waals surface area contributed by atoms with Gasteiger partial charge in [-0.2, -0.15) is 0 Å². The number of hydrogen-bond donors (Lipinski definition) is 2. The molecule has 0 aliphatic carbocycles. The van der Waals surface area contributed by atoms with E-state index in [2.05, 4.69) is 0 Å². The summed E-state index contributed by atoms with van der Waals surface area (Å²) in [7, 11) is 0. The first-order valence-electron chi connectivity index (χ1n) is 3.22. The Labute approximate surface area is 58.1 Å². The predicted molar refractivity (Wildman–Crippen MR) is 41.3 cm³/mol. The van der Waals surface area contributed by atoms with Gasteiger partial charge in [0.15, 0.2) is 0 Å². The lowest BCUT2D eigenvalue weighted by Gasteiger charge is -1.93. The topological polar surface area (TPSA) is 46.2 Å². The first-order valence-corrected chi connectivity index (χ1v) is 3.22.